The van der Waals surface area contributed by atoms with Gasteiger partial charge in [-0.2, -0.15) is 13.2 Å². The van der Waals surface area contributed by atoms with Crippen LogP contribution < -0.4 is 5.69 Å². The smallest absolute Gasteiger partial charge is 0.291 e. The Kier molecular flexibility index (Phi) is 7.42. The van der Waals surface area contributed by atoms with E-state index in [0.29, 0.717) is 18.7 Å². The number of rotatable bonds is 9. The van der Waals surface area contributed by atoms with Crippen molar-refractivity contribution in [1.29, 1.82) is 0 Å². The zero-order valence-corrected chi connectivity index (χ0v) is 20.5. The molecule has 0 radical (unpaired) electrons. The summed E-state index contributed by atoms with van der Waals surface area (Å²) in [5, 5.41) is 14.0. The maximum Gasteiger partial charge on any atom is 0.433 e. The van der Waals surface area contributed by atoms with Gasteiger partial charge in [-0.15, -0.1) is 5.10 Å². The molecular formula is C26H29F3N6O. The number of aromatic amines is 1. The van der Waals surface area contributed by atoms with Crippen LogP contribution in [0.5, 0.6) is 0 Å². The number of nitrogens with one attached hydrogen (secondary N) is 1. The van der Waals surface area contributed by atoms with E-state index < -0.39 is 17.6 Å². The lowest BCUT2D eigenvalue weighted by atomic mass is 9.98. The second-order valence-electron chi connectivity index (χ2n) is 9.24. The molecule has 2 aromatic heterocycles. The molecule has 4 aromatic rings. The van der Waals surface area contributed by atoms with Crippen LogP contribution in [0.3, 0.4) is 0 Å². The molecule has 0 saturated carbocycles. The van der Waals surface area contributed by atoms with E-state index in [9.17, 15) is 18.0 Å². The van der Waals surface area contributed by atoms with E-state index in [0.717, 1.165) is 26.8 Å². The van der Waals surface area contributed by atoms with E-state index in [1.165, 1.54) is 4.57 Å². The standard InChI is InChI=1S/C26H29F3N6O/c1-4-15-34-23(26(27,28)29)22(14-9-17(2)3)35(25(34)36)16-18-10-12-19(13-11-18)20-7-5-6-8-21(20)24-30-32-33-31-24/h5-8,10-13,17H,4,9,14-16H2,1-3H3,(H,30,31,32,33). The second-order valence-corrected chi connectivity index (χ2v) is 9.24. The van der Waals surface area contributed by atoms with Gasteiger partial charge in [-0.1, -0.05) is 69.3 Å². The number of H-pyrrole nitrogens is 1. The Hall–Kier alpha value is -3.69. The number of alkyl halides is 3. The predicted molar refractivity (Wildman–Crippen MR) is 131 cm³/mol. The average Bonchev–Trinajstić information content (AvgIpc) is 3.46. The fraction of sp³-hybridized carbons (Fsp3) is 0.385. The molecule has 2 heterocycles. The van der Waals surface area contributed by atoms with Gasteiger partial charge in [-0.3, -0.25) is 9.13 Å². The Morgan fingerprint density at radius 2 is 1.69 bits per heavy atom. The molecule has 0 unspecified atom stereocenters. The third kappa shape index (κ3) is 5.27. The van der Waals surface area contributed by atoms with Crippen molar-refractivity contribution in [3.63, 3.8) is 0 Å². The number of hydrogen-bond acceptors (Lipinski definition) is 4. The summed E-state index contributed by atoms with van der Waals surface area (Å²) >= 11 is 0. The SMILES string of the molecule is CCCn1c(C(F)(F)F)c(CCC(C)C)n(Cc2ccc(-c3ccccc3-c3nnn[nH]3)cc2)c1=O. The molecule has 190 valence electrons. The van der Waals surface area contributed by atoms with Crippen LogP contribution in [0.2, 0.25) is 0 Å². The highest BCUT2D eigenvalue weighted by Crippen LogP contribution is 2.34. The van der Waals surface area contributed by atoms with Crippen molar-refractivity contribution in [2.45, 2.75) is 59.3 Å². The minimum atomic E-state index is -4.60. The Morgan fingerprint density at radius 3 is 2.28 bits per heavy atom. The number of nitrogens with zero attached hydrogens (tertiary/aromatic N) is 5. The summed E-state index contributed by atoms with van der Waals surface area (Å²) in [5.41, 5.74) is 2.00. The number of benzene rings is 2. The third-order valence-corrected chi connectivity index (χ3v) is 6.14. The van der Waals surface area contributed by atoms with E-state index in [4.69, 9.17) is 0 Å². The molecule has 10 heteroatoms. The topological polar surface area (TPSA) is 81.4 Å². The van der Waals surface area contributed by atoms with Crippen molar-refractivity contribution in [3.05, 3.63) is 76.0 Å². The van der Waals surface area contributed by atoms with Gasteiger partial charge in [0.25, 0.3) is 0 Å². The Labute approximate surface area is 207 Å². The molecule has 4 rings (SSSR count). The summed E-state index contributed by atoms with van der Waals surface area (Å²) in [6, 6.07) is 15.1. The van der Waals surface area contributed by atoms with E-state index in [1.807, 2.05) is 62.4 Å². The molecule has 0 bridgehead atoms. The molecule has 0 spiro atoms. The van der Waals surface area contributed by atoms with Gasteiger partial charge in [0.15, 0.2) is 5.82 Å². The lowest BCUT2D eigenvalue weighted by Gasteiger charge is -2.14. The fourth-order valence-electron chi connectivity index (χ4n) is 4.42. The first kappa shape index (κ1) is 25.4. The summed E-state index contributed by atoms with van der Waals surface area (Å²) in [4.78, 5) is 13.2. The lowest BCUT2D eigenvalue weighted by Crippen LogP contribution is -2.27. The molecule has 0 amide bonds. The monoisotopic (exact) mass is 498 g/mol. The number of halogens is 3. The van der Waals surface area contributed by atoms with Crippen molar-refractivity contribution < 1.29 is 13.2 Å². The van der Waals surface area contributed by atoms with Crippen LogP contribution in [0.4, 0.5) is 13.2 Å². The van der Waals surface area contributed by atoms with Crippen molar-refractivity contribution in [1.82, 2.24) is 29.8 Å². The van der Waals surface area contributed by atoms with Crippen molar-refractivity contribution >= 4 is 0 Å². The molecule has 0 aliphatic rings. The minimum absolute atomic E-state index is 0.0293. The van der Waals surface area contributed by atoms with Crippen LogP contribution in [0.15, 0.2) is 53.3 Å². The lowest BCUT2D eigenvalue weighted by molar-refractivity contribution is -0.144. The summed E-state index contributed by atoms with van der Waals surface area (Å²) in [6.45, 7) is 5.79. The molecule has 0 fully saturated rings. The van der Waals surface area contributed by atoms with Crippen LogP contribution in [0.1, 0.15) is 50.6 Å². The quantitative estimate of drug-likeness (QED) is 0.328. The average molecular weight is 499 g/mol. The number of imidazole rings is 1. The van der Waals surface area contributed by atoms with E-state index in [1.54, 1.807) is 6.92 Å². The highest BCUT2D eigenvalue weighted by atomic mass is 19.4. The van der Waals surface area contributed by atoms with Gasteiger partial charge in [-0.25, -0.2) is 9.89 Å². The largest absolute Gasteiger partial charge is 0.433 e. The van der Waals surface area contributed by atoms with Crippen LogP contribution in [-0.4, -0.2) is 29.8 Å². The minimum Gasteiger partial charge on any atom is -0.291 e. The summed E-state index contributed by atoms with van der Waals surface area (Å²) < 4.78 is 44.5. The number of aromatic nitrogens is 6. The van der Waals surface area contributed by atoms with Crippen molar-refractivity contribution in [2.75, 3.05) is 0 Å². The number of tetrazole rings is 1. The summed E-state index contributed by atoms with van der Waals surface area (Å²) in [7, 11) is 0. The van der Waals surface area contributed by atoms with Crippen LogP contribution in [0.25, 0.3) is 22.5 Å². The molecule has 0 aliphatic heterocycles. The zero-order chi connectivity index (χ0) is 25.9. The van der Waals surface area contributed by atoms with Gasteiger partial charge in [0.2, 0.25) is 0 Å². The summed E-state index contributed by atoms with van der Waals surface area (Å²) in [6.07, 6.45) is -3.42. The van der Waals surface area contributed by atoms with Crippen LogP contribution >= 0.6 is 0 Å². The molecule has 0 atom stereocenters. The zero-order valence-electron chi connectivity index (χ0n) is 20.5. The first-order valence-electron chi connectivity index (χ1n) is 12.0. The van der Waals surface area contributed by atoms with E-state index in [-0.39, 0.29) is 31.1 Å². The molecule has 0 aliphatic carbocycles. The van der Waals surface area contributed by atoms with Gasteiger partial charge in [-0.05, 0) is 52.3 Å². The molecule has 7 nitrogen and oxygen atoms in total. The highest BCUT2D eigenvalue weighted by Gasteiger charge is 2.40. The first-order chi connectivity index (χ1) is 17.2. The maximum atomic E-state index is 14.1. The maximum absolute atomic E-state index is 14.1. The summed E-state index contributed by atoms with van der Waals surface area (Å²) in [5.74, 6) is 0.746. The van der Waals surface area contributed by atoms with Crippen LogP contribution in [0, 0.1) is 5.92 Å². The van der Waals surface area contributed by atoms with Gasteiger partial charge in [0.1, 0.15) is 5.69 Å². The van der Waals surface area contributed by atoms with Gasteiger partial charge in [0.05, 0.1) is 12.2 Å². The van der Waals surface area contributed by atoms with Crippen molar-refractivity contribution in [2.24, 2.45) is 5.92 Å². The molecule has 36 heavy (non-hydrogen) atoms. The Morgan fingerprint density at radius 1 is 1.00 bits per heavy atom. The molecule has 2 aromatic carbocycles. The van der Waals surface area contributed by atoms with Crippen molar-refractivity contribution in [3.8, 4) is 22.5 Å². The number of hydrogen-bond donors (Lipinski definition) is 1. The van der Waals surface area contributed by atoms with Gasteiger partial charge in [0, 0.05) is 12.1 Å². The Balaban J connectivity index is 1.71. The highest BCUT2D eigenvalue weighted by molar-refractivity contribution is 5.80. The third-order valence-electron chi connectivity index (χ3n) is 6.14. The van der Waals surface area contributed by atoms with Gasteiger partial charge < -0.3 is 0 Å². The van der Waals surface area contributed by atoms with Crippen LogP contribution in [-0.2, 0) is 25.7 Å². The molecular weight excluding hydrogens is 469 g/mol. The first-order valence-corrected chi connectivity index (χ1v) is 12.0. The Bertz CT molecular complexity index is 1350. The molecule has 0 saturated heterocycles. The van der Waals surface area contributed by atoms with E-state index in [2.05, 4.69) is 20.6 Å². The van der Waals surface area contributed by atoms with Gasteiger partial charge >= 0.3 is 11.9 Å². The van der Waals surface area contributed by atoms with E-state index >= 15 is 0 Å². The fourth-order valence-corrected chi connectivity index (χ4v) is 4.42. The normalized spacial score (nSPS) is 12.0. The molecule has 1 N–H and O–H groups in total. The second kappa shape index (κ2) is 10.5. The predicted octanol–water partition coefficient (Wildman–Crippen LogP) is 5.56.